The first-order valence-electron chi connectivity index (χ1n) is 9.05. The highest BCUT2D eigenvalue weighted by atomic mass is 35.5. The van der Waals surface area contributed by atoms with Crippen molar-refractivity contribution in [3.8, 4) is 0 Å². The zero-order valence-corrected chi connectivity index (χ0v) is 17.9. The summed E-state index contributed by atoms with van der Waals surface area (Å²) in [6.45, 7) is 0.278. The van der Waals surface area contributed by atoms with Crippen molar-refractivity contribution < 1.29 is 9.21 Å². The number of rotatable bonds is 6. The highest BCUT2D eigenvalue weighted by Crippen LogP contribution is 2.33. The second kappa shape index (κ2) is 9.47. The van der Waals surface area contributed by atoms with Gasteiger partial charge < -0.3 is 4.42 Å². The lowest BCUT2D eigenvalue weighted by Gasteiger charge is -2.14. The van der Waals surface area contributed by atoms with Crippen LogP contribution in [-0.4, -0.2) is 32.4 Å². The first kappa shape index (κ1) is 20.7. The largest absolute Gasteiger partial charge is 0.467 e. The summed E-state index contributed by atoms with van der Waals surface area (Å²) in [4.78, 5) is 18.7. The summed E-state index contributed by atoms with van der Waals surface area (Å²) >= 11 is 13.7. The topological polar surface area (TPSA) is 71.1 Å². The van der Waals surface area contributed by atoms with Gasteiger partial charge in [0.1, 0.15) is 5.76 Å². The number of hydrogen-bond donors (Lipinski definition) is 0. The summed E-state index contributed by atoms with van der Waals surface area (Å²) in [7, 11) is 0. The number of aromatic nitrogens is 1. The molecule has 2 aromatic heterocycles. The van der Waals surface area contributed by atoms with Gasteiger partial charge in [0.05, 0.1) is 24.3 Å². The van der Waals surface area contributed by atoms with Crippen molar-refractivity contribution in [2.45, 2.75) is 18.2 Å². The Hall–Kier alpha value is -2.61. The lowest BCUT2D eigenvalue weighted by molar-refractivity contribution is -0.126. The predicted octanol–water partition coefficient (Wildman–Crippen LogP) is 5.06. The summed E-state index contributed by atoms with van der Waals surface area (Å²) in [6.07, 6.45) is 6.97. The number of carbonyl (C=O) groups excluding carboxylic acids is 1. The van der Waals surface area contributed by atoms with Crippen LogP contribution in [0.15, 0.2) is 75.7 Å². The molecule has 1 amide bonds. The standard InChI is InChI=1S/C21H16Cl2N4O2S/c22-16-5-6-18(23)15(9-16)10-19-20(28)27(13-17-4-2-8-29-17)21(30-19)26-25-12-14-3-1-7-24-11-14/h1-9,11-12,19H,10,13H2. The van der Waals surface area contributed by atoms with Gasteiger partial charge in [0, 0.05) is 28.0 Å². The van der Waals surface area contributed by atoms with E-state index < -0.39 is 0 Å². The average molecular weight is 459 g/mol. The Kier molecular flexibility index (Phi) is 6.52. The van der Waals surface area contributed by atoms with E-state index in [0.29, 0.717) is 27.4 Å². The van der Waals surface area contributed by atoms with Crippen LogP contribution in [0.5, 0.6) is 0 Å². The molecule has 0 bridgehead atoms. The Morgan fingerprint density at radius 1 is 1.23 bits per heavy atom. The average Bonchev–Trinajstić information content (AvgIpc) is 3.36. The number of amidine groups is 1. The van der Waals surface area contributed by atoms with E-state index >= 15 is 0 Å². The SMILES string of the molecule is O=C1C(Cc2cc(Cl)ccc2Cl)SC(=NN=Cc2cccnc2)N1Cc1ccco1. The van der Waals surface area contributed by atoms with Crippen LogP contribution in [-0.2, 0) is 17.8 Å². The van der Waals surface area contributed by atoms with Crippen LogP contribution in [0, 0.1) is 0 Å². The molecule has 1 fully saturated rings. The summed E-state index contributed by atoms with van der Waals surface area (Å²) in [5.74, 6) is 0.581. The van der Waals surface area contributed by atoms with Crippen molar-refractivity contribution in [2.24, 2.45) is 10.2 Å². The molecule has 3 heterocycles. The van der Waals surface area contributed by atoms with Crippen molar-refractivity contribution in [2.75, 3.05) is 0 Å². The number of hydrogen-bond acceptors (Lipinski definition) is 6. The van der Waals surface area contributed by atoms with Crippen molar-refractivity contribution in [1.29, 1.82) is 0 Å². The van der Waals surface area contributed by atoms with Crippen LogP contribution in [0.2, 0.25) is 10.0 Å². The molecule has 0 spiro atoms. The molecule has 1 aromatic carbocycles. The maximum absolute atomic E-state index is 13.1. The van der Waals surface area contributed by atoms with Gasteiger partial charge in [-0.3, -0.25) is 14.7 Å². The smallest absolute Gasteiger partial charge is 0.242 e. The van der Waals surface area contributed by atoms with Crippen LogP contribution in [0.25, 0.3) is 0 Å². The van der Waals surface area contributed by atoms with Gasteiger partial charge >= 0.3 is 0 Å². The molecule has 3 aromatic rings. The monoisotopic (exact) mass is 458 g/mol. The second-order valence-corrected chi connectivity index (χ2v) is 8.48. The Bertz CT molecular complexity index is 1090. The summed E-state index contributed by atoms with van der Waals surface area (Å²) < 4.78 is 5.41. The lowest BCUT2D eigenvalue weighted by Crippen LogP contribution is -2.32. The van der Waals surface area contributed by atoms with Crippen molar-refractivity contribution in [3.63, 3.8) is 0 Å². The highest BCUT2D eigenvalue weighted by molar-refractivity contribution is 8.15. The molecular weight excluding hydrogens is 443 g/mol. The molecule has 1 atom stereocenters. The molecular formula is C21H16Cl2N4O2S. The van der Waals surface area contributed by atoms with Crippen molar-refractivity contribution in [3.05, 3.63) is 88.1 Å². The summed E-state index contributed by atoms with van der Waals surface area (Å²) in [5, 5.41) is 9.69. The van der Waals surface area contributed by atoms with E-state index in [1.54, 1.807) is 54.0 Å². The van der Waals surface area contributed by atoms with Gasteiger partial charge in [0.15, 0.2) is 5.17 Å². The zero-order chi connectivity index (χ0) is 20.9. The van der Waals surface area contributed by atoms with Gasteiger partial charge in [-0.2, -0.15) is 5.10 Å². The molecule has 1 aliphatic heterocycles. The fraction of sp³-hybridized carbons (Fsp3) is 0.143. The highest BCUT2D eigenvalue weighted by Gasteiger charge is 2.39. The Labute approximate surface area is 187 Å². The van der Waals surface area contributed by atoms with E-state index in [-0.39, 0.29) is 17.7 Å². The third kappa shape index (κ3) is 4.92. The molecule has 152 valence electrons. The zero-order valence-electron chi connectivity index (χ0n) is 15.6. The summed E-state index contributed by atoms with van der Waals surface area (Å²) in [6, 6.07) is 12.5. The van der Waals surface area contributed by atoms with Crippen LogP contribution < -0.4 is 0 Å². The minimum Gasteiger partial charge on any atom is -0.467 e. The number of pyridine rings is 1. The molecule has 6 nitrogen and oxygen atoms in total. The normalized spacial score (nSPS) is 18.1. The number of thioether (sulfide) groups is 1. The van der Waals surface area contributed by atoms with Gasteiger partial charge in [-0.1, -0.05) is 41.0 Å². The number of benzene rings is 1. The predicted molar refractivity (Wildman–Crippen MR) is 120 cm³/mol. The summed E-state index contributed by atoms with van der Waals surface area (Å²) in [5.41, 5.74) is 1.63. The minimum absolute atomic E-state index is 0.0808. The third-order valence-corrected chi connectivity index (χ3v) is 6.13. The van der Waals surface area contributed by atoms with Crippen LogP contribution >= 0.6 is 35.0 Å². The van der Waals surface area contributed by atoms with E-state index in [4.69, 9.17) is 27.6 Å². The fourth-order valence-electron chi connectivity index (χ4n) is 2.92. The number of nitrogens with zero attached hydrogens (tertiary/aromatic N) is 4. The molecule has 30 heavy (non-hydrogen) atoms. The van der Waals surface area contributed by atoms with Gasteiger partial charge in [-0.25, -0.2) is 0 Å². The molecule has 1 aliphatic rings. The van der Waals surface area contributed by atoms with Crippen LogP contribution in [0.3, 0.4) is 0 Å². The van der Waals surface area contributed by atoms with E-state index in [1.807, 2.05) is 18.2 Å². The Morgan fingerprint density at radius 2 is 2.13 bits per heavy atom. The number of furan rings is 1. The van der Waals surface area contributed by atoms with Crippen molar-refractivity contribution in [1.82, 2.24) is 9.88 Å². The van der Waals surface area contributed by atoms with E-state index in [9.17, 15) is 4.79 Å². The lowest BCUT2D eigenvalue weighted by atomic mass is 10.1. The Balaban J connectivity index is 1.57. The van der Waals surface area contributed by atoms with Crippen molar-refractivity contribution >= 4 is 52.3 Å². The first-order chi connectivity index (χ1) is 14.6. The van der Waals surface area contributed by atoms with E-state index in [2.05, 4.69) is 15.2 Å². The maximum atomic E-state index is 13.1. The van der Waals surface area contributed by atoms with Gasteiger partial charge in [-0.05, 0) is 48.4 Å². The molecule has 4 rings (SSSR count). The first-order valence-corrected chi connectivity index (χ1v) is 10.7. The molecule has 1 saturated heterocycles. The van der Waals surface area contributed by atoms with Gasteiger partial charge in [0.25, 0.3) is 0 Å². The molecule has 0 radical (unpaired) electrons. The molecule has 0 N–H and O–H groups in total. The second-order valence-electron chi connectivity index (χ2n) is 6.46. The minimum atomic E-state index is -0.386. The van der Waals surface area contributed by atoms with Crippen LogP contribution in [0.4, 0.5) is 0 Å². The Morgan fingerprint density at radius 3 is 2.90 bits per heavy atom. The quantitative estimate of drug-likeness (QED) is 0.382. The molecule has 9 heteroatoms. The number of amides is 1. The number of carbonyl (C=O) groups is 1. The van der Waals surface area contributed by atoms with E-state index in [1.165, 1.54) is 11.8 Å². The van der Waals surface area contributed by atoms with E-state index in [0.717, 1.165) is 11.1 Å². The molecule has 0 saturated carbocycles. The molecule has 0 aliphatic carbocycles. The fourth-order valence-corrected chi connectivity index (χ4v) is 4.43. The van der Waals surface area contributed by atoms with Gasteiger partial charge in [-0.15, -0.1) is 5.10 Å². The van der Waals surface area contributed by atoms with Crippen LogP contribution in [0.1, 0.15) is 16.9 Å². The number of halogens is 2. The third-order valence-electron chi connectivity index (χ3n) is 4.36. The molecule has 1 unspecified atom stereocenters. The maximum Gasteiger partial charge on any atom is 0.242 e. The van der Waals surface area contributed by atoms with Gasteiger partial charge in [0.2, 0.25) is 5.91 Å².